The molecule has 0 bridgehead atoms. The monoisotopic (exact) mass is 611 g/mol. The third kappa shape index (κ3) is 5.69. The molecule has 1 aliphatic rings. The van der Waals surface area contributed by atoms with Crippen LogP contribution in [-0.2, 0) is 6.61 Å². The molecule has 1 fully saturated rings. The Bertz CT molecular complexity index is 1500. The van der Waals surface area contributed by atoms with Gasteiger partial charge in [-0.05, 0) is 83.0 Å². The number of methoxy groups -OCH3 is 1. The van der Waals surface area contributed by atoms with Crippen LogP contribution in [0.2, 0.25) is 0 Å². The lowest BCUT2D eigenvalue weighted by molar-refractivity contribution is 0.282. The fraction of sp³-hybridized carbons (Fsp3) is 0.276. The molecule has 3 aromatic carbocycles. The van der Waals surface area contributed by atoms with Gasteiger partial charge in [-0.1, -0.05) is 43.5 Å². The number of benzene rings is 3. The van der Waals surface area contributed by atoms with Gasteiger partial charge >= 0.3 is 0 Å². The largest absolute Gasteiger partial charge is 0.493 e. The second-order valence-electron chi connectivity index (χ2n) is 9.13. The number of nitrogens with zero attached hydrogens (tertiary/aromatic N) is 3. The number of hydrogen-bond acceptors (Lipinski definition) is 5. The molecule has 5 rings (SSSR count). The first-order valence-corrected chi connectivity index (χ1v) is 13.4. The fourth-order valence-corrected chi connectivity index (χ4v) is 5.47. The zero-order valence-corrected chi connectivity index (χ0v) is 22.7. The molecule has 0 atom stereocenters. The third-order valence-corrected chi connectivity index (χ3v) is 7.42. The standard InChI is InChI=1S/C29H27FIN3O3/c1-36-26-16-20(15-24(31)27(26)37-18-19-11-13-22(30)14-12-19)17-32-34-28(21-7-3-2-4-8-21)33-25-10-6-5-9-23(25)29(34)35/h5-6,9-17,21H,2-4,7-8,18H2,1H3. The smallest absolute Gasteiger partial charge is 0.282 e. The molecule has 4 aromatic rings. The van der Waals surface area contributed by atoms with E-state index in [1.54, 1.807) is 31.5 Å². The van der Waals surface area contributed by atoms with Crippen LogP contribution in [0.25, 0.3) is 10.9 Å². The van der Waals surface area contributed by atoms with Gasteiger partial charge in [0.1, 0.15) is 18.2 Å². The summed E-state index contributed by atoms with van der Waals surface area (Å²) in [5.74, 6) is 1.79. The lowest BCUT2D eigenvalue weighted by Gasteiger charge is -2.22. The van der Waals surface area contributed by atoms with Gasteiger partial charge in [0.2, 0.25) is 0 Å². The normalized spacial score (nSPS) is 14.4. The van der Waals surface area contributed by atoms with E-state index in [2.05, 4.69) is 27.7 Å². The van der Waals surface area contributed by atoms with Crippen LogP contribution in [0.15, 0.2) is 70.6 Å². The number of halogens is 2. The molecule has 190 valence electrons. The maximum absolute atomic E-state index is 13.4. The highest BCUT2D eigenvalue weighted by atomic mass is 127. The van der Waals surface area contributed by atoms with Crippen molar-refractivity contribution >= 4 is 39.7 Å². The summed E-state index contributed by atoms with van der Waals surface area (Å²) in [6.07, 6.45) is 7.15. The van der Waals surface area contributed by atoms with Crippen molar-refractivity contribution in [3.8, 4) is 11.5 Å². The van der Waals surface area contributed by atoms with E-state index in [1.807, 2.05) is 30.3 Å². The lowest BCUT2D eigenvalue weighted by atomic mass is 9.88. The molecular formula is C29H27FIN3O3. The zero-order chi connectivity index (χ0) is 25.8. The van der Waals surface area contributed by atoms with Crippen molar-refractivity contribution in [3.63, 3.8) is 0 Å². The minimum Gasteiger partial charge on any atom is -0.493 e. The Morgan fingerprint density at radius 3 is 2.62 bits per heavy atom. The average molecular weight is 611 g/mol. The summed E-state index contributed by atoms with van der Waals surface area (Å²) in [5.41, 5.74) is 2.16. The maximum atomic E-state index is 13.4. The molecule has 37 heavy (non-hydrogen) atoms. The summed E-state index contributed by atoms with van der Waals surface area (Å²) < 4.78 is 27.1. The Kier molecular flexibility index (Phi) is 7.83. The van der Waals surface area contributed by atoms with Crippen LogP contribution in [0.1, 0.15) is 55.0 Å². The molecule has 1 heterocycles. The van der Waals surface area contributed by atoms with Gasteiger partial charge in [-0.2, -0.15) is 9.78 Å². The molecule has 6 nitrogen and oxygen atoms in total. The molecule has 1 saturated carbocycles. The van der Waals surface area contributed by atoms with Crippen LogP contribution in [0.3, 0.4) is 0 Å². The Hall–Kier alpha value is -3.27. The predicted molar refractivity (Wildman–Crippen MR) is 151 cm³/mol. The van der Waals surface area contributed by atoms with E-state index in [-0.39, 0.29) is 23.9 Å². The summed E-state index contributed by atoms with van der Waals surface area (Å²) in [6, 6.07) is 17.4. The van der Waals surface area contributed by atoms with Crippen molar-refractivity contribution < 1.29 is 13.9 Å². The molecule has 0 saturated heterocycles. The van der Waals surface area contributed by atoms with Crippen LogP contribution >= 0.6 is 22.6 Å². The number of hydrogen-bond donors (Lipinski definition) is 0. The average Bonchev–Trinajstić information content (AvgIpc) is 2.93. The molecule has 0 unspecified atom stereocenters. The Balaban J connectivity index is 1.47. The molecule has 0 aliphatic heterocycles. The zero-order valence-electron chi connectivity index (χ0n) is 20.5. The lowest BCUT2D eigenvalue weighted by Crippen LogP contribution is -2.25. The Morgan fingerprint density at radius 1 is 1.11 bits per heavy atom. The van der Waals surface area contributed by atoms with E-state index in [9.17, 15) is 9.18 Å². The second kappa shape index (κ2) is 11.4. The van der Waals surface area contributed by atoms with Crippen LogP contribution in [0.4, 0.5) is 4.39 Å². The van der Waals surface area contributed by atoms with E-state index in [0.29, 0.717) is 22.4 Å². The molecule has 0 amide bonds. The van der Waals surface area contributed by atoms with Crippen LogP contribution in [-0.4, -0.2) is 23.0 Å². The van der Waals surface area contributed by atoms with E-state index >= 15 is 0 Å². The van der Waals surface area contributed by atoms with Gasteiger partial charge in [0.05, 0.1) is 27.8 Å². The van der Waals surface area contributed by atoms with Crippen molar-refractivity contribution in [1.29, 1.82) is 0 Å². The van der Waals surface area contributed by atoms with Crippen molar-refractivity contribution in [2.45, 2.75) is 44.6 Å². The van der Waals surface area contributed by atoms with Gasteiger partial charge in [-0.25, -0.2) is 9.37 Å². The highest BCUT2D eigenvalue weighted by Gasteiger charge is 2.22. The Labute approximate surface area is 228 Å². The van der Waals surface area contributed by atoms with E-state index in [0.717, 1.165) is 46.2 Å². The minimum absolute atomic E-state index is 0.164. The number of aromatic nitrogens is 2. The molecule has 0 N–H and O–H groups in total. The summed E-state index contributed by atoms with van der Waals surface area (Å²) >= 11 is 2.19. The summed E-state index contributed by atoms with van der Waals surface area (Å²) in [6.45, 7) is 0.281. The predicted octanol–water partition coefficient (Wildman–Crippen LogP) is 6.66. The van der Waals surface area contributed by atoms with Gasteiger partial charge in [0, 0.05) is 5.92 Å². The summed E-state index contributed by atoms with van der Waals surface area (Å²) in [4.78, 5) is 18.3. The topological polar surface area (TPSA) is 65.7 Å². The van der Waals surface area contributed by atoms with Crippen LogP contribution in [0.5, 0.6) is 11.5 Å². The number of rotatable bonds is 7. The molecular weight excluding hydrogens is 584 g/mol. The summed E-state index contributed by atoms with van der Waals surface area (Å²) in [7, 11) is 1.58. The maximum Gasteiger partial charge on any atom is 0.282 e. The molecule has 1 aliphatic carbocycles. The van der Waals surface area contributed by atoms with Crippen molar-refractivity contribution in [3.05, 3.63) is 97.4 Å². The van der Waals surface area contributed by atoms with Crippen molar-refractivity contribution in [2.75, 3.05) is 7.11 Å². The first-order chi connectivity index (χ1) is 18.0. The molecule has 0 radical (unpaired) electrons. The minimum atomic E-state index is -0.285. The van der Waals surface area contributed by atoms with Gasteiger partial charge in [0.15, 0.2) is 11.5 Å². The van der Waals surface area contributed by atoms with Gasteiger partial charge < -0.3 is 9.47 Å². The van der Waals surface area contributed by atoms with Crippen LogP contribution in [0, 0.1) is 9.39 Å². The highest BCUT2D eigenvalue weighted by Crippen LogP contribution is 2.35. The fourth-order valence-electron chi connectivity index (χ4n) is 4.69. The van der Waals surface area contributed by atoms with Crippen LogP contribution < -0.4 is 15.0 Å². The van der Waals surface area contributed by atoms with Gasteiger partial charge in [-0.3, -0.25) is 4.79 Å². The number of ether oxygens (including phenoxy) is 2. The molecule has 1 aromatic heterocycles. The first kappa shape index (κ1) is 25.4. The van der Waals surface area contributed by atoms with Crippen molar-refractivity contribution in [1.82, 2.24) is 9.66 Å². The van der Waals surface area contributed by atoms with E-state index in [1.165, 1.54) is 23.2 Å². The molecule has 0 spiro atoms. The third-order valence-electron chi connectivity index (χ3n) is 6.62. The SMILES string of the molecule is COc1cc(C=Nn2c(C3CCCCC3)nc3ccccc3c2=O)cc(I)c1OCc1ccc(F)cc1. The number of fused-ring (bicyclic) bond motifs is 1. The number of para-hydroxylation sites is 1. The molecule has 8 heteroatoms. The van der Waals surface area contributed by atoms with E-state index < -0.39 is 0 Å². The second-order valence-corrected chi connectivity index (χ2v) is 10.3. The quantitative estimate of drug-likeness (QED) is 0.173. The first-order valence-electron chi connectivity index (χ1n) is 12.3. The Morgan fingerprint density at radius 2 is 1.86 bits per heavy atom. The van der Waals surface area contributed by atoms with Gasteiger partial charge in [-0.15, -0.1) is 0 Å². The highest BCUT2D eigenvalue weighted by molar-refractivity contribution is 14.1. The van der Waals surface area contributed by atoms with E-state index in [4.69, 9.17) is 14.5 Å². The van der Waals surface area contributed by atoms with Crippen molar-refractivity contribution in [2.24, 2.45) is 5.10 Å². The summed E-state index contributed by atoms with van der Waals surface area (Å²) in [5, 5.41) is 5.18. The van der Waals surface area contributed by atoms with Gasteiger partial charge in [0.25, 0.3) is 5.56 Å².